The van der Waals surface area contributed by atoms with Crippen LogP contribution in [0.25, 0.3) is 0 Å². The van der Waals surface area contributed by atoms with Crippen molar-refractivity contribution in [3.8, 4) is 0 Å². The first-order valence-electron chi connectivity index (χ1n) is 9.64. The number of hydrogen-bond donors (Lipinski definition) is 3. The van der Waals surface area contributed by atoms with Crippen molar-refractivity contribution in [3.05, 3.63) is 52.7 Å². The molecule has 4 rings (SSSR count). The normalized spacial score (nSPS) is 19.0. The molecular weight excluding hydrogens is 362 g/mol. The van der Waals surface area contributed by atoms with E-state index in [9.17, 15) is 5.11 Å². The zero-order valence-corrected chi connectivity index (χ0v) is 16.1. The van der Waals surface area contributed by atoms with Crippen molar-refractivity contribution in [1.82, 2.24) is 10.3 Å². The summed E-state index contributed by atoms with van der Waals surface area (Å²) in [6.07, 6.45) is 5.79. The average molecular weight is 388 g/mol. The molecular formula is C21H26ClN3O2. The lowest BCUT2D eigenvalue weighted by molar-refractivity contribution is -0.0617. The second-order valence-corrected chi connectivity index (χ2v) is 8.05. The number of aliphatic hydroxyl groups is 1. The molecule has 2 aliphatic rings. The highest BCUT2D eigenvalue weighted by atomic mass is 35.5. The molecule has 2 fully saturated rings. The Morgan fingerprint density at radius 3 is 2.78 bits per heavy atom. The van der Waals surface area contributed by atoms with Gasteiger partial charge in [-0.15, -0.1) is 0 Å². The number of halogens is 1. The van der Waals surface area contributed by atoms with Gasteiger partial charge in [0.25, 0.3) is 0 Å². The molecule has 2 heterocycles. The van der Waals surface area contributed by atoms with E-state index < -0.39 is 5.60 Å². The quantitative estimate of drug-likeness (QED) is 0.670. The van der Waals surface area contributed by atoms with Gasteiger partial charge >= 0.3 is 0 Å². The van der Waals surface area contributed by atoms with Gasteiger partial charge in [-0.25, -0.2) is 4.98 Å². The summed E-state index contributed by atoms with van der Waals surface area (Å²) < 4.78 is 5.34. The molecule has 0 radical (unpaired) electrons. The van der Waals surface area contributed by atoms with Gasteiger partial charge in [-0.05, 0) is 54.2 Å². The van der Waals surface area contributed by atoms with E-state index in [4.69, 9.17) is 16.3 Å². The molecule has 0 spiro atoms. The third-order valence-electron chi connectivity index (χ3n) is 5.33. The maximum atomic E-state index is 10.6. The summed E-state index contributed by atoms with van der Waals surface area (Å²) in [5.41, 5.74) is 2.84. The van der Waals surface area contributed by atoms with Crippen molar-refractivity contribution in [2.45, 2.75) is 43.7 Å². The van der Waals surface area contributed by atoms with E-state index in [0.29, 0.717) is 43.5 Å². The van der Waals surface area contributed by atoms with Crippen LogP contribution in [0, 0.1) is 0 Å². The van der Waals surface area contributed by atoms with E-state index in [0.717, 1.165) is 18.1 Å². The molecule has 0 atom stereocenters. The molecule has 3 N–H and O–H groups in total. The number of anilines is 2. The predicted molar refractivity (Wildman–Crippen MR) is 108 cm³/mol. The summed E-state index contributed by atoms with van der Waals surface area (Å²) in [7, 11) is 0. The SMILES string of the molecule is OC1(CNCc2cnc(Nc3cccc(Cl)c3)cc2C2CC2)CCOCC1. The Morgan fingerprint density at radius 2 is 2.04 bits per heavy atom. The second-order valence-electron chi connectivity index (χ2n) is 7.62. The van der Waals surface area contributed by atoms with Crippen LogP contribution in [-0.2, 0) is 11.3 Å². The Bertz CT molecular complexity index is 789. The molecule has 1 aromatic carbocycles. The summed E-state index contributed by atoms with van der Waals surface area (Å²) in [4.78, 5) is 4.58. The predicted octanol–water partition coefficient (Wildman–Crippen LogP) is 3.99. The fourth-order valence-electron chi connectivity index (χ4n) is 3.56. The van der Waals surface area contributed by atoms with Crippen LogP contribution in [0.1, 0.15) is 42.7 Å². The summed E-state index contributed by atoms with van der Waals surface area (Å²) in [5, 5.41) is 18.1. The molecule has 1 saturated carbocycles. The third-order valence-corrected chi connectivity index (χ3v) is 5.56. The Kier molecular flexibility index (Phi) is 5.64. The van der Waals surface area contributed by atoms with E-state index in [1.165, 1.54) is 24.0 Å². The Labute approximate surface area is 165 Å². The average Bonchev–Trinajstić information content (AvgIpc) is 3.48. The number of pyridine rings is 1. The van der Waals surface area contributed by atoms with Crippen LogP contribution in [0.3, 0.4) is 0 Å². The third kappa shape index (κ3) is 4.99. The molecule has 27 heavy (non-hydrogen) atoms. The zero-order chi connectivity index (χ0) is 18.7. The first kappa shape index (κ1) is 18.7. The largest absolute Gasteiger partial charge is 0.388 e. The number of ether oxygens (including phenoxy) is 1. The minimum absolute atomic E-state index is 0.586. The minimum atomic E-state index is -0.653. The maximum absolute atomic E-state index is 10.6. The van der Waals surface area contributed by atoms with Crippen molar-refractivity contribution < 1.29 is 9.84 Å². The number of nitrogens with one attached hydrogen (secondary N) is 2. The number of aromatic nitrogens is 1. The van der Waals surface area contributed by atoms with Crippen LogP contribution in [0.15, 0.2) is 36.5 Å². The number of rotatable bonds is 7. The highest BCUT2D eigenvalue weighted by Gasteiger charge is 2.30. The van der Waals surface area contributed by atoms with Crippen molar-refractivity contribution in [2.24, 2.45) is 0 Å². The van der Waals surface area contributed by atoms with Crippen molar-refractivity contribution in [1.29, 1.82) is 0 Å². The van der Waals surface area contributed by atoms with Crippen LogP contribution in [0.4, 0.5) is 11.5 Å². The van der Waals surface area contributed by atoms with Gasteiger partial charge in [0, 0.05) is 56.1 Å². The van der Waals surface area contributed by atoms with E-state index >= 15 is 0 Å². The van der Waals surface area contributed by atoms with Gasteiger partial charge in [0.1, 0.15) is 5.82 Å². The Balaban J connectivity index is 1.42. The molecule has 1 aliphatic heterocycles. The van der Waals surface area contributed by atoms with Crippen molar-refractivity contribution >= 4 is 23.1 Å². The fourth-order valence-corrected chi connectivity index (χ4v) is 3.75. The van der Waals surface area contributed by atoms with Gasteiger partial charge in [0.2, 0.25) is 0 Å². The lowest BCUT2D eigenvalue weighted by atomic mass is 9.94. The molecule has 2 aromatic rings. The molecule has 5 nitrogen and oxygen atoms in total. The molecule has 1 aliphatic carbocycles. The van der Waals surface area contributed by atoms with Gasteiger partial charge in [-0.1, -0.05) is 17.7 Å². The highest BCUT2D eigenvalue weighted by Crippen LogP contribution is 2.42. The Hall–Kier alpha value is -1.66. The molecule has 0 bridgehead atoms. The van der Waals surface area contributed by atoms with Gasteiger partial charge in [0.15, 0.2) is 0 Å². The van der Waals surface area contributed by atoms with Gasteiger partial charge in [-0.3, -0.25) is 0 Å². The number of benzene rings is 1. The van der Waals surface area contributed by atoms with Crippen molar-refractivity contribution in [2.75, 3.05) is 25.1 Å². The van der Waals surface area contributed by atoms with Gasteiger partial charge in [-0.2, -0.15) is 0 Å². The van der Waals surface area contributed by atoms with E-state index in [1.54, 1.807) is 0 Å². The van der Waals surface area contributed by atoms with Gasteiger partial charge in [0.05, 0.1) is 5.60 Å². The highest BCUT2D eigenvalue weighted by molar-refractivity contribution is 6.30. The number of nitrogens with zero attached hydrogens (tertiary/aromatic N) is 1. The van der Waals surface area contributed by atoms with E-state index in [1.807, 2.05) is 30.5 Å². The summed E-state index contributed by atoms with van der Waals surface area (Å²) in [5.74, 6) is 1.46. The second kappa shape index (κ2) is 8.15. The topological polar surface area (TPSA) is 66.4 Å². The van der Waals surface area contributed by atoms with E-state index in [2.05, 4.69) is 21.7 Å². The maximum Gasteiger partial charge on any atom is 0.130 e. The molecule has 0 amide bonds. The first-order chi connectivity index (χ1) is 13.1. The smallest absolute Gasteiger partial charge is 0.130 e. The lowest BCUT2D eigenvalue weighted by Gasteiger charge is -2.32. The summed E-state index contributed by atoms with van der Waals surface area (Å²) >= 11 is 6.06. The van der Waals surface area contributed by atoms with Gasteiger partial charge < -0.3 is 20.5 Å². The fraction of sp³-hybridized carbons (Fsp3) is 0.476. The monoisotopic (exact) mass is 387 g/mol. The van der Waals surface area contributed by atoms with Crippen LogP contribution in [0.2, 0.25) is 5.02 Å². The zero-order valence-electron chi connectivity index (χ0n) is 15.4. The van der Waals surface area contributed by atoms with Crippen LogP contribution in [-0.4, -0.2) is 35.5 Å². The molecule has 6 heteroatoms. The minimum Gasteiger partial charge on any atom is -0.388 e. The Morgan fingerprint density at radius 1 is 1.22 bits per heavy atom. The molecule has 0 unspecified atom stereocenters. The standard InChI is InChI=1S/C21H26ClN3O2/c22-17-2-1-3-18(10-17)25-20-11-19(15-4-5-15)16(13-24-20)12-23-14-21(26)6-8-27-9-7-21/h1-3,10-11,13,15,23,26H,4-9,12,14H2,(H,24,25). The van der Waals surface area contributed by atoms with Crippen LogP contribution >= 0.6 is 11.6 Å². The first-order valence-corrected chi connectivity index (χ1v) is 10.0. The molecule has 1 saturated heterocycles. The van der Waals surface area contributed by atoms with Crippen molar-refractivity contribution in [3.63, 3.8) is 0 Å². The number of hydrogen-bond acceptors (Lipinski definition) is 5. The lowest BCUT2D eigenvalue weighted by Crippen LogP contribution is -2.44. The van der Waals surface area contributed by atoms with Crippen LogP contribution < -0.4 is 10.6 Å². The van der Waals surface area contributed by atoms with Crippen LogP contribution in [0.5, 0.6) is 0 Å². The molecule has 144 valence electrons. The summed E-state index contributed by atoms with van der Waals surface area (Å²) in [6, 6.07) is 9.81. The molecule has 1 aromatic heterocycles. The van der Waals surface area contributed by atoms with E-state index in [-0.39, 0.29) is 0 Å². The summed E-state index contributed by atoms with van der Waals surface area (Å²) in [6.45, 7) is 2.58.